The zero-order valence-corrected chi connectivity index (χ0v) is 13.0. The molecule has 0 aliphatic carbocycles. The molecule has 3 nitrogen and oxygen atoms in total. The fourth-order valence-electron chi connectivity index (χ4n) is 2.03. The number of anilines is 1. The van der Waals surface area contributed by atoms with E-state index in [2.05, 4.69) is 5.32 Å². The maximum absolute atomic E-state index is 12.0. The van der Waals surface area contributed by atoms with Gasteiger partial charge in [-0.1, -0.05) is 29.5 Å². The predicted molar refractivity (Wildman–Crippen MR) is 80.4 cm³/mol. The number of nitrogens with two attached hydrogens (primary N) is 1. The van der Waals surface area contributed by atoms with Gasteiger partial charge in [-0.25, -0.2) is 0 Å². The molecule has 0 bridgehead atoms. The maximum Gasteiger partial charge on any atom is 0.441 e. The van der Waals surface area contributed by atoms with Crippen molar-refractivity contribution in [1.82, 2.24) is 0 Å². The van der Waals surface area contributed by atoms with E-state index < -0.39 is 17.5 Å². The summed E-state index contributed by atoms with van der Waals surface area (Å²) in [4.78, 5) is 11.9. The first-order chi connectivity index (χ1) is 9.60. The highest BCUT2D eigenvalue weighted by Gasteiger charge is 2.28. The van der Waals surface area contributed by atoms with Crippen molar-refractivity contribution in [2.75, 3.05) is 11.1 Å². The summed E-state index contributed by atoms with van der Waals surface area (Å²) in [5, 5.41) is 2.70. The van der Waals surface area contributed by atoms with Crippen molar-refractivity contribution in [3.63, 3.8) is 0 Å². The van der Waals surface area contributed by atoms with Gasteiger partial charge in [0.1, 0.15) is 0 Å². The standard InChI is InChI=1S/C14H19F3N2OS/c1-8-6-9(2)12(10(3)7-8)19-13(20)11(18)4-5-21-14(15,16)17/h6-7,11H,4-5,18H2,1-3H3,(H,19,20)/t11-/m0/s1. The molecule has 1 amide bonds. The summed E-state index contributed by atoms with van der Waals surface area (Å²) in [5.74, 6) is -0.697. The highest BCUT2D eigenvalue weighted by molar-refractivity contribution is 8.00. The topological polar surface area (TPSA) is 55.1 Å². The minimum absolute atomic E-state index is 0.0278. The number of hydrogen-bond donors (Lipinski definition) is 2. The molecule has 0 spiro atoms. The van der Waals surface area contributed by atoms with Gasteiger partial charge in [-0.15, -0.1) is 0 Å². The van der Waals surface area contributed by atoms with Crippen LogP contribution in [-0.4, -0.2) is 23.2 Å². The molecule has 21 heavy (non-hydrogen) atoms. The summed E-state index contributed by atoms with van der Waals surface area (Å²) in [7, 11) is 0. The molecule has 0 aliphatic rings. The van der Waals surface area contributed by atoms with Crippen LogP contribution in [0.15, 0.2) is 12.1 Å². The third kappa shape index (κ3) is 5.97. The van der Waals surface area contributed by atoms with E-state index in [1.807, 2.05) is 32.9 Å². The summed E-state index contributed by atoms with van der Waals surface area (Å²) in [5.41, 5.74) is 4.89. The second-order valence-corrected chi connectivity index (χ2v) is 6.11. The van der Waals surface area contributed by atoms with E-state index in [0.717, 1.165) is 16.7 Å². The van der Waals surface area contributed by atoms with Crippen molar-refractivity contribution in [2.45, 2.75) is 38.7 Å². The summed E-state index contributed by atoms with van der Waals surface area (Å²) < 4.78 is 36.1. The quantitative estimate of drug-likeness (QED) is 0.873. The van der Waals surface area contributed by atoms with Crippen molar-refractivity contribution in [1.29, 1.82) is 0 Å². The van der Waals surface area contributed by atoms with Crippen LogP contribution in [0.2, 0.25) is 0 Å². The minimum Gasteiger partial charge on any atom is -0.324 e. The highest BCUT2D eigenvalue weighted by atomic mass is 32.2. The van der Waals surface area contributed by atoms with Crippen LogP contribution in [0, 0.1) is 20.8 Å². The number of carbonyl (C=O) groups is 1. The van der Waals surface area contributed by atoms with E-state index in [1.54, 1.807) is 0 Å². The number of halogens is 3. The van der Waals surface area contributed by atoms with Crippen molar-refractivity contribution in [3.8, 4) is 0 Å². The molecule has 0 radical (unpaired) electrons. The van der Waals surface area contributed by atoms with E-state index in [9.17, 15) is 18.0 Å². The van der Waals surface area contributed by atoms with Crippen LogP contribution < -0.4 is 11.1 Å². The smallest absolute Gasteiger partial charge is 0.324 e. The lowest BCUT2D eigenvalue weighted by Gasteiger charge is -2.16. The lowest BCUT2D eigenvalue weighted by Crippen LogP contribution is -2.36. The fraction of sp³-hybridized carbons (Fsp3) is 0.500. The van der Waals surface area contributed by atoms with Crippen molar-refractivity contribution >= 4 is 23.4 Å². The molecule has 0 unspecified atom stereocenters. The van der Waals surface area contributed by atoms with Gasteiger partial charge < -0.3 is 11.1 Å². The number of alkyl halides is 3. The molecule has 1 aromatic carbocycles. The molecule has 0 aromatic heterocycles. The van der Waals surface area contributed by atoms with E-state index in [-0.39, 0.29) is 23.9 Å². The Balaban J connectivity index is 2.61. The Labute approximate surface area is 126 Å². The van der Waals surface area contributed by atoms with Gasteiger partial charge in [0.25, 0.3) is 0 Å². The number of rotatable bonds is 5. The Morgan fingerprint density at radius 2 is 1.81 bits per heavy atom. The normalized spacial score (nSPS) is 13.1. The van der Waals surface area contributed by atoms with Gasteiger partial charge in [-0.2, -0.15) is 13.2 Å². The largest absolute Gasteiger partial charge is 0.441 e. The molecule has 1 atom stereocenters. The fourth-order valence-corrected chi connectivity index (χ4v) is 2.63. The monoisotopic (exact) mass is 320 g/mol. The molecule has 3 N–H and O–H groups in total. The Morgan fingerprint density at radius 1 is 1.29 bits per heavy atom. The average Bonchev–Trinajstić information content (AvgIpc) is 2.31. The molecule has 0 fully saturated rings. The number of benzene rings is 1. The summed E-state index contributed by atoms with van der Waals surface area (Å²) >= 11 is -0.166. The van der Waals surface area contributed by atoms with Gasteiger partial charge in [0.05, 0.1) is 6.04 Å². The van der Waals surface area contributed by atoms with Gasteiger partial charge >= 0.3 is 5.51 Å². The van der Waals surface area contributed by atoms with Gasteiger partial charge in [-0.3, -0.25) is 4.79 Å². The Morgan fingerprint density at radius 3 is 2.29 bits per heavy atom. The van der Waals surface area contributed by atoms with Gasteiger partial charge in [0, 0.05) is 11.4 Å². The second-order valence-electron chi connectivity index (χ2n) is 4.95. The molecule has 0 saturated heterocycles. The second kappa shape index (κ2) is 7.17. The summed E-state index contributed by atoms with van der Waals surface area (Å²) in [6, 6.07) is 2.89. The van der Waals surface area contributed by atoms with Crippen molar-refractivity contribution in [2.24, 2.45) is 5.73 Å². The first-order valence-corrected chi connectivity index (χ1v) is 7.43. The van der Waals surface area contributed by atoms with Crippen molar-refractivity contribution < 1.29 is 18.0 Å². The minimum atomic E-state index is -4.29. The molecular formula is C14H19F3N2OS. The molecule has 1 rings (SSSR count). The number of aryl methyl sites for hydroxylation is 3. The lowest BCUT2D eigenvalue weighted by atomic mass is 10.0. The van der Waals surface area contributed by atoms with Crippen LogP contribution in [0.3, 0.4) is 0 Å². The molecule has 0 heterocycles. The van der Waals surface area contributed by atoms with Crippen molar-refractivity contribution in [3.05, 3.63) is 28.8 Å². The molecule has 1 aromatic rings. The Bertz CT molecular complexity index is 494. The first kappa shape index (κ1) is 17.8. The van der Waals surface area contributed by atoms with Crippen LogP contribution in [0.1, 0.15) is 23.1 Å². The number of thioether (sulfide) groups is 1. The lowest BCUT2D eigenvalue weighted by molar-refractivity contribution is -0.117. The average molecular weight is 320 g/mol. The van der Waals surface area contributed by atoms with E-state index >= 15 is 0 Å². The number of nitrogens with one attached hydrogen (secondary N) is 1. The van der Waals surface area contributed by atoms with Crippen LogP contribution in [0.5, 0.6) is 0 Å². The highest BCUT2D eigenvalue weighted by Crippen LogP contribution is 2.30. The Hall–Kier alpha value is -1.21. The third-order valence-electron chi connectivity index (χ3n) is 2.96. The van der Waals surface area contributed by atoms with Crippen LogP contribution in [0.4, 0.5) is 18.9 Å². The van der Waals surface area contributed by atoms with E-state index in [4.69, 9.17) is 5.73 Å². The van der Waals surface area contributed by atoms with E-state index in [0.29, 0.717) is 5.69 Å². The SMILES string of the molecule is Cc1cc(C)c(NC(=O)[C@@H](N)CCSC(F)(F)F)c(C)c1. The number of hydrogen-bond acceptors (Lipinski definition) is 3. The molecule has 7 heteroatoms. The molecule has 0 saturated carbocycles. The van der Waals surface area contributed by atoms with Crippen LogP contribution in [0.25, 0.3) is 0 Å². The number of carbonyl (C=O) groups excluding carboxylic acids is 1. The van der Waals surface area contributed by atoms with Crippen LogP contribution in [-0.2, 0) is 4.79 Å². The van der Waals surface area contributed by atoms with Gasteiger partial charge in [0.2, 0.25) is 5.91 Å². The third-order valence-corrected chi connectivity index (χ3v) is 3.72. The van der Waals surface area contributed by atoms with E-state index in [1.165, 1.54) is 0 Å². The summed E-state index contributed by atoms with van der Waals surface area (Å²) in [6.45, 7) is 5.67. The first-order valence-electron chi connectivity index (χ1n) is 6.45. The zero-order chi connectivity index (χ0) is 16.2. The molecule has 118 valence electrons. The van der Waals surface area contributed by atoms with Gasteiger partial charge in [-0.05, 0) is 38.3 Å². The predicted octanol–water partition coefficient (Wildman–Crippen LogP) is 3.52. The number of amides is 1. The Kier molecular flexibility index (Phi) is 6.10. The maximum atomic E-state index is 12.0. The summed E-state index contributed by atoms with van der Waals surface area (Å²) in [6.07, 6.45) is -0.0278. The van der Waals surface area contributed by atoms with Crippen LogP contribution >= 0.6 is 11.8 Å². The molecular weight excluding hydrogens is 301 g/mol. The zero-order valence-electron chi connectivity index (χ0n) is 12.2. The molecule has 0 aliphatic heterocycles. The van der Waals surface area contributed by atoms with Gasteiger partial charge in [0.15, 0.2) is 0 Å².